The maximum Gasteiger partial charge on any atom is 0.496 e. The quantitative estimate of drug-likeness (QED) is 0.224. The van der Waals surface area contributed by atoms with Gasteiger partial charge in [-0.3, -0.25) is 4.98 Å². The summed E-state index contributed by atoms with van der Waals surface area (Å²) in [5.74, 6) is 0. The number of nitrogens with zero attached hydrogens (tertiary/aromatic N) is 1. The van der Waals surface area contributed by atoms with E-state index in [1.807, 2.05) is 6.20 Å². The molecule has 1 saturated heterocycles. The largest absolute Gasteiger partial charge is 0.496 e. The van der Waals surface area contributed by atoms with Crippen LogP contribution < -0.4 is 5.46 Å². The topological polar surface area (TPSA) is 31.4 Å². The van der Waals surface area contributed by atoms with Crippen LogP contribution in [0.3, 0.4) is 0 Å². The third-order valence-corrected chi connectivity index (χ3v) is 9.37. The second-order valence-electron chi connectivity index (χ2n) is 12.8. The second-order valence-corrected chi connectivity index (χ2v) is 12.8. The van der Waals surface area contributed by atoms with Crippen molar-refractivity contribution < 1.29 is 9.31 Å². The molecule has 2 heterocycles. The molecule has 1 fully saturated rings. The summed E-state index contributed by atoms with van der Waals surface area (Å²) in [4.78, 5) is 4.83. The highest BCUT2D eigenvalue weighted by atomic mass is 16.7. The molecule has 4 aromatic carbocycles. The summed E-state index contributed by atoms with van der Waals surface area (Å²) in [6, 6.07) is 33.2. The van der Waals surface area contributed by atoms with Gasteiger partial charge in [0.1, 0.15) is 0 Å². The van der Waals surface area contributed by atoms with Gasteiger partial charge >= 0.3 is 7.12 Å². The van der Waals surface area contributed by atoms with Crippen LogP contribution in [0.4, 0.5) is 0 Å². The summed E-state index contributed by atoms with van der Waals surface area (Å²) >= 11 is 0. The maximum absolute atomic E-state index is 6.22. The Morgan fingerprint density at radius 3 is 1.80 bits per heavy atom. The van der Waals surface area contributed by atoms with Crippen molar-refractivity contribution >= 4 is 23.4 Å². The number of hydrogen-bond donors (Lipinski definition) is 0. The smallest absolute Gasteiger partial charge is 0.399 e. The Labute approximate surface area is 237 Å². The van der Waals surface area contributed by atoms with Gasteiger partial charge in [0.15, 0.2) is 0 Å². The molecule has 0 bridgehead atoms. The zero-order valence-corrected chi connectivity index (χ0v) is 24.1. The van der Waals surface area contributed by atoms with Crippen molar-refractivity contribution in [2.75, 3.05) is 0 Å². The van der Waals surface area contributed by atoms with Gasteiger partial charge in [-0.15, -0.1) is 0 Å². The Hall–Kier alpha value is -3.73. The molecule has 5 aromatic rings. The lowest BCUT2D eigenvalue weighted by atomic mass is 9.80. The van der Waals surface area contributed by atoms with Crippen molar-refractivity contribution in [2.24, 2.45) is 0 Å². The zero-order valence-electron chi connectivity index (χ0n) is 24.1. The fourth-order valence-electron chi connectivity index (χ4n) is 6.14. The van der Waals surface area contributed by atoms with Gasteiger partial charge in [0, 0.05) is 22.6 Å². The molecule has 4 heteroatoms. The van der Waals surface area contributed by atoms with Gasteiger partial charge in [-0.25, -0.2) is 0 Å². The second kappa shape index (κ2) is 8.64. The van der Waals surface area contributed by atoms with Crippen LogP contribution >= 0.6 is 0 Å². The van der Waals surface area contributed by atoms with Gasteiger partial charge in [-0.2, -0.15) is 0 Å². The monoisotopic (exact) mass is 523 g/mol. The van der Waals surface area contributed by atoms with Crippen LogP contribution in [0.5, 0.6) is 0 Å². The van der Waals surface area contributed by atoms with E-state index in [0.717, 1.165) is 16.7 Å². The van der Waals surface area contributed by atoms with E-state index in [4.69, 9.17) is 14.3 Å². The number of rotatable bonds is 3. The highest BCUT2D eigenvalue weighted by Crippen LogP contribution is 2.50. The highest BCUT2D eigenvalue weighted by molar-refractivity contribution is 6.62. The molecule has 40 heavy (non-hydrogen) atoms. The molecule has 2 aliphatic rings. The molecule has 0 radical (unpaired) electrons. The van der Waals surface area contributed by atoms with Gasteiger partial charge < -0.3 is 9.31 Å². The van der Waals surface area contributed by atoms with Crippen molar-refractivity contribution in [3.63, 3.8) is 0 Å². The fraction of sp³-hybridized carbons (Fsp3) is 0.250. The van der Waals surface area contributed by atoms with Crippen LogP contribution in [0.15, 0.2) is 97.2 Å². The Kier molecular flexibility index (Phi) is 5.45. The number of pyridine rings is 1. The third kappa shape index (κ3) is 3.85. The van der Waals surface area contributed by atoms with E-state index in [0.29, 0.717) is 0 Å². The molecule has 0 saturated carbocycles. The summed E-state index contributed by atoms with van der Waals surface area (Å²) in [7, 11) is -0.406. The first-order valence-corrected chi connectivity index (χ1v) is 14.1. The van der Waals surface area contributed by atoms with Crippen LogP contribution in [-0.4, -0.2) is 23.3 Å². The Morgan fingerprint density at radius 2 is 1.15 bits per heavy atom. The van der Waals surface area contributed by atoms with Crippen molar-refractivity contribution in [3.05, 3.63) is 108 Å². The highest BCUT2D eigenvalue weighted by Gasteiger charge is 2.51. The van der Waals surface area contributed by atoms with Crippen molar-refractivity contribution in [2.45, 2.75) is 58.2 Å². The van der Waals surface area contributed by atoms with E-state index in [-0.39, 0.29) is 16.6 Å². The minimum atomic E-state index is -0.406. The van der Waals surface area contributed by atoms with Crippen molar-refractivity contribution in [1.82, 2.24) is 4.98 Å². The van der Waals surface area contributed by atoms with Gasteiger partial charge in [0.2, 0.25) is 0 Å². The van der Waals surface area contributed by atoms with Crippen molar-refractivity contribution in [1.29, 1.82) is 0 Å². The molecule has 0 unspecified atom stereocenters. The van der Waals surface area contributed by atoms with E-state index in [1.165, 1.54) is 44.2 Å². The first-order valence-electron chi connectivity index (χ1n) is 14.1. The molecular formula is C36H34BNO2. The standard InChI is InChI=1S/C36H34BNO2/c1-34(2)31-20-26(25-12-11-23-9-7-8-10-24(23)19-25)13-16-29(31)30-17-14-27(21-32(30)34)33-18-15-28(22-38-33)37-39-35(3,4)36(5,6)40-37/h7-22H,1-6H3. The predicted octanol–water partition coefficient (Wildman–Crippen LogP) is 8.17. The lowest BCUT2D eigenvalue weighted by Gasteiger charge is -2.32. The third-order valence-electron chi connectivity index (χ3n) is 9.37. The average molecular weight is 523 g/mol. The molecule has 0 spiro atoms. The molecule has 3 nitrogen and oxygen atoms in total. The summed E-state index contributed by atoms with van der Waals surface area (Å²) in [5, 5.41) is 2.54. The Balaban J connectivity index is 1.20. The minimum Gasteiger partial charge on any atom is -0.399 e. The van der Waals surface area contributed by atoms with E-state index in [9.17, 15) is 0 Å². The molecule has 1 aliphatic carbocycles. The summed E-state index contributed by atoms with van der Waals surface area (Å²) in [6.45, 7) is 13.0. The molecule has 7 rings (SSSR count). The average Bonchev–Trinajstić information content (AvgIpc) is 3.31. The van der Waals surface area contributed by atoms with Crippen LogP contribution in [0.1, 0.15) is 52.7 Å². The van der Waals surface area contributed by atoms with E-state index >= 15 is 0 Å². The summed E-state index contributed by atoms with van der Waals surface area (Å²) in [5.41, 5.74) is 10.0. The molecule has 1 aliphatic heterocycles. The Bertz CT molecular complexity index is 1770. The molecule has 0 atom stereocenters. The molecular weight excluding hydrogens is 489 g/mol. The van der Waals surface area contributed by atoms with E-state index in [2.05, 4.69) is 133 Å². The van der Waals surface area contributed by atoms with Crippen molar-refractivity contribution in [3.8, 4) is 33.5 Å². The number of aromatic nitrogens is 1. The van der Waals surface area contributed by atoms with Gasteiger partial charge in [-0.05, 0) is 96.1 Å². The summed E-state index contributed by atoms with van der Waals surface area (Å²) in [6.07, 6.45) is 1.89. The Morgan fingerprint density at radius 1 is 0.575 bits per heavy atom. The number of hydrogen-bond acceptors (Lipinski definition) is 3. The van der Waals surface area contributed by atoms with E-state index < -0.39 is 7.12 Å². The number of benzene rings is 4. The van der Waals surface area contributed by atoms with Crippen LogP contribution in [0, 0.1) is 0 Å². The van der Waals surface area contributed by atoms with Crippen LogP contribution in [-0.2, 0) is 14.7 Å². The fourth-order valence-corrected chi connectivity index (χ4v) is 6.14. The van der Waals surface area contributed by atoms with Crippen LogP contribution in [0.25, 0.3) is 44.3 Å². The molecule has 0 amide bonds. The zero-order chi connectivity index (χ0) is 27.9. The van der Waals surface area contributed by atoms with Gasteiger partial charge in [0.05, 0.1) is 16.9 Å². The van der Waals surface area contributed by atoms with Crippen LogP contribution in [0.2, 0.25) is 0 Å². The molecule has 1 aromatic heterocycles. The van der Waals surface area contributed by atoms with Gasteiger partial charge in [0.25, 0.3) is 0 Å². The SMILES string of the molecule is CC1(C)c2cc(-c3ccc4ccccc4c3)ccc2-c2ccc(-c3ccc(B4OC(C)(C)C(C)(C)O4)cn3)cc21. The summed E-state index contributed by atoms with van der Waals surface area (Å²) < 4.78 is 12.4. The normalized spacial score (nSPS) is 18.1. The maximum atomic E-state index is 6.22. The lowest BCUT2D eigenvalue weighted by molar-refractivity contribution is 0.00578. The first-order chi connectivity index (χ1) is 19.0. The minimum absolute atomic E-state index is 0.115. The first kappa shape index (κ1) is 25.3. The van der Waals surface area contributed by atoms with E-state index in [1.54, 1.807) is 0 Å². The lowest BCUT2D eigenvalue weighted by Crippen LogP contribution is -2.41. The van der Waals surface area contributed by atoms with Gasteiger partial charge in [-0.1, -0.05) is 80.6 Å². The predicted molar refractivity (Wildman–Crippen MR) is 166 cm³/mol. The number of fused-ring (bicyclic) bond motifs is 4. The molecule has 198 valence electrons. The molecule has 0 N–H and O–H groups in total.